The standard InChI is InChI=1S/C14H18FN5O/c1-21-5-4-14(2-3-14)9-20-13(17-18-19-20)10-6-11(15)8-12(16)7-10/h6-8H,2-5,9,16H2,1H3. The number of nitrogens with two attached hydrogens (primary N) is 1. The molecule has 21 heavy (non-hydrogen) atoms. The fourth-order valence-electron chi connectivity index (χ4n) is 2.56. The molecule has 3 rings (SSSR count). The third-order valence-corrected chi connectivity index (χ3v) is 3.99. The highest BCUT2D eigenvalue weighted by Gasteiger charge is 2.43. The third kappa shape index (κ3) is 3.02. The minimum Gasteiger partial charge on any atom is -0.399 e. The van der Waals surface area contributed by atoms with Gasteiger partial charge in [0.15, 0.2) is 5.82 Å². The van der Waals surface area contributed by atoms with E-state index in [-0.39, 0.29) is 11.2 Å². The second-order valence-corrected chi connectivity index (χ2v) is 5.68. The zero-order chi connectivity index (χ0) is 14.9. The van der Waals surface area contributed by atoms with Gasteiger partial charge in [-0.25, -0.2) is 9.07 Å². The summed E-state index contributed by atoms with van der Waals surface area (Å²) >= 11 is 0. The number of methoxy groups -OCH3 is 1. The Balaban J connectivity index is 1.84. The first kappa shape index (κ1) is 13.9. The van der Waals surface area contributed by atoms with Crippen molar-refractivity contribution in [1.29, 1.82) is 0 Å². The van der Waals surface area contributed by atoms with Gasteiger partial charge in [-0.1, -0.05) is 0 Å². The summed E-state index contributed by atoms with van der Waals surface area (Å²) in [6.45, 7) is 1.44. The first-order valence-electron chi connectivity index (χ1n) is 6.93. The SMILES string of the molecule is COCCC1(Cn2nnnc2-c2cc(N)cc(F)c2)CC1. The second-order valence-electron chi connectivity index (χ2n) is 5.68. The molecule has 1 heterocycles. The van der Waals surface area contributed by atoms with Crippen LogP contribution in [0, 0.1) is 11.2 Å². The van der Waals surface area contributed by atoms with Gasteiger partial charge in [0.2, 0.25) is 0 Å². The molecule has 0 aliphatic heterocycles. The lowest BCUT2D eigenvalue weighted by molar-refractivity contribution is 0.165. The smallest absolute Gasteiger partial charge is 0.182 e. The van der Waals surface area contributed by atoms with Crippen LogP contribution in [-0.2, 0) is 11.3 Å². The van der Waals surface area contributed by atoms with Crippen molar-refractivity contribution < 1.29 is 9.13 Å². The minimum absolute atomic E-state index is 0.207. The van der Waals surface area contributed by atoms with Crippen LogP contribution in [0.1, 0.15) is 19.3 Å². The van der Waals surface area contributed by atoms with Gasteiger partial charge in [0.1, 0.15) is 5.82 Å². The summed E-state index contributed by atoms with van der Waals surface area (Å²) in [6.07, 6.45) is 3.26. The van der Waals surface area contributed by atoms with E-state index in [2.05, 4.69) is 15.5 Å². The number of halogens is 1. The van der Waals surface area contributed by atoms with Gasteiger partial charge >= 0.3 is 0 Å². The van der Waals surface area contributed by atoms with Crippen molar-refractivity contribution in [2.75, 3.05) is 19.5 Å². The quantitative estimate of drug-likeness (QED) is 0.822. The molecule has 0 bridgehead atoms. The maximum absolute atomic E-state index is 13.5. The Bertz CT molecular complexity index is 618. The number of nitrogen functional groups attached to an aromatic ring is 1. The molecule has 1 fully saturated rings. The molecule has 0 unspecified atom stereocenters. The second kappa shape index (κ2) is 5.40. The van der Waals surface area contributed by atoms with Gasteiger partial charge in [-0.15, -0.1) is 5.10 Å². The number of nitrogens with zero attached hydrogens (tertiary/aromatic N) is 4. The molecule has 1 aromatic heterocycles. The van der Waals surface area contributed by atoms with Crippen LogP contribution in [0.3, 0.4) is 0 Å². The summed E-state index contributed by atoms with van der Waals surface area (Å²) in [5.41, 5.74) is 6.85. The lowest BCUT2D eigenvalue weighted by atomic mass is 10.0. The minimum atomic E-state index is -0.389. The molecule has 0 saturated heterocycles. The van der Waals surface area contributed by atoms with Crippen molar-refractivity contribution in [3.63, 3.8) is 0 Å². The molecular formula is C14H18FN5O. The largest absolute Gasteiger partial charge is 0.399 e. The molecule has 112 valence electrons. The zero-order valence-electron chi connectivity index (χ0n) is 11.9. The van der Waals surface area contributed by atoms with Gasteiger partial charge in [0, 0.05) is 25.0 Å². The van der Waals surface area contributed by atoms with Gasteiger partial charge in [0.25, 0.3) is 0 Å². The van der Waals surface area contributed by atoms with E-state index < -0.39 is 0 Å². The van der Waals surface area contributed by atoms with Crippen molar-refractivity contribution in [1.82, 2.24) is 20.2 Å². The van der Waals surface area contributed by atoms with Crippen LogP contribution in [0.4, 0.5) is 10.1 Å². The Morgan fingerprint density at radius 2 is 2.19 bits per heavy atom. The van der Waals surface area contributed by atoms with Crippen molar-refractivity contribution in [2.24, 2.45) is 5.41 Å². The molecule has 0 spiro atoms. The summed E-state index contributed by atoms with van der Waals surface area (Å²) in [5.74, 6) is 0.157. The van der Waals surface area contributed by atoms with Crippen LogP contribution in [0.5, 0.6) is 0 Å². The molecule has 7 heteroatoms. The summed E-state index contributed by atoms with van der Waals surface area (Å²) < 4.78 is 20.4. The third-order valence-electron chi connectivity index (χ3n) is 3.99. The Labute approximate surface area is 122 Å². The van der Waals surface area contributed by atoms with Gasteiger partial charge in [-0.05, 0) is 53.3 Å². The topological polar surface area (TPSA) is 78.8 Å². The van der Waals surface area contributed by atoms with Crippen molar-refractivity contribution in [3.8, 4) is 11.4 Å². The number of hydrogen-bond acceptors (Lipinski definition) is 5. The van der Waals surface area contributed by atoms with Crippen molar-refractivity contribution in [2.45, 2.75) is 25.8 Å². The Kier molecular flexibility index (Phi) is 3.59. The molecule has 2 aromatic rings. The molecule has 1 saturated carbocycles. The van der Waals surface area contributed by atoms with E-state index in [1.165, 1.54) is 12.1 Å². The molecule has 1 aliphatic carbocycles. The highest BCUT2D eigenvalue weighted by Crippen LogP contribution is 2.50. The number of ether oxygens (including phenoxy) is 1. The van der Waals surface area contributed by atoms with Crippen LogP contribution in [0.2, 0.25) is 0 Å². The molecule has 0 radical (unpaired) electrons. The number of tetrazole rings is 1. The molecule has 1 aromatic carbocycles. The van der Waals surface area contributed by atoms with E-state index in [9.17, 15) is 4.39 Å². The van der Waals surface area contributed by atoms with Crippen LogP contribution in [0.15, 0.2) is 18.2 Å². The number of benzene rings is 1. The van der Waals surface area contributed by atoms with Crippen LogP contribution in [0.25, 0.3) is 11.4 Å². The number of rotatable bonds is 6. The number of anilines is 1. The van der Waals surface area contributed by atoms with Gasteiger partial charge in [0.05, 0.1) is 6.54 Å². The van der Waals surface area contributed by atoms with E-state index in [0.717, 1.165) is 32.4 Å². The molecular weight excluding hydrogens is 273 g/mol. The van der Waals surface area contributed by atoms with Gasteiger partial charge in [-0.3, -0.25) is 0 Å². The van der Waals surface area contributed by atoms with Crippen LogP contribution >= 0.6 is 0 Å². The first-order chi connectivity index (χ1) is 10.1. The maximum Gasteiger partial charge on any atom is 0.182 e. The molecule has 6 nitrogen and oxygen atoms in total. The van der Waals surface area contributed by atoms with E-state index in [4.69, 9.17) is 10.5 Å². The Morgan fingerprint density at radius 3 is 2.86 bits per heavy atom. The van der Waals surface area contributed by atoms with Crippen LogP contribution in [-0.4, -0.2) is 33.9 Å². The van der Waals surface area contributed by atoms with E-state index in [0.29, 0.717) is 17.1 Å². The molecule has 0 amide bonds. The molecule has 1 aliphatic rings. The monoisotopic (exact) mass is 291 g/mol. The summed E-state index contributed by atoms with van der Waals surface area (Å²) in [5, 5.41) is 11.8. The summed E-state index contributed by atoms with van der Waals surface area (Å²) in [7, 11) is 1.70. The normalized spacial score (nSPS) is 16.1. The zero-order valence-corrected chi connectivity index (χ0v) is 11.9. The van der Waals surface area contributed by atoms with Gasteiger partial charge < -0.3 is 10.5 Å². The fraction of sp³-hybridized carbons (Fsp3) is 0.500. The highest BCUT2D eigenvalue weighted by molar-refractivity contribution is 5.61. The van der Waals surface area contributed by atoms with Crippen molar-refractivity contribution in [3.05, 3.63) is 24.0 Å². The number of aromatic nitrogens is 4. The summed E-state index contributed by atoms with van der Waals surface area (Å²) in [4.78, 5) is 0. The van der Waals surface area contributed by atoms with Crippen molar-refractivity contribution >= 4 is 5.69 Å². The van der Waals surface area contributed by atoms with Crippen LogP contribution < -0.4 is 5.73 Å². The Hall–Kier alpha value is -2.02. The lowest BCUT2D eigenvalue weighted by Crippen LogP contribution is -2.16. The molecule has 2 N–H and O–H groups in total. The predicted molar refractivity (Wildman–Crippen MR) is 75.8 cm³/mol. The lowest BCUT2D eigenvalue weighted by Gasteiger charge is -2.15. The van der Waals surface area contributed by atoms with E-state index >= 15 is 0 Å². The summed E-state index contributed by atoms with van der Waals surface area (Å²) in [6, 6.07) is 4.35. The highest BCUT2D eigenvalue weighted by atomic mass is 19.1. The Morgan fingerprint density at radius 1 is 1.38 bits per heavy atom. The first-order valence-corrected chi connectivity index (χ1v) is 6.93. The maximum atomic E-state index is 13.5. The average Bonchev–Trinajstić information content (AvgIpc) is 3.03. The average molecular weight is 291 g/mol. The van der Waals surface area contributed by atoms with E-state index in [1.807, 2.05) is 0 Å². The molecule has 0 atom stereocenters. The number of hydrogen-bond donors (Lipinski definition) is 1. The van der Waals surface area contributed by atoms with E-state index in [1.54, 1.807) is 17.9 Å². The van der Waals surface area contributed by atoms with Gasteiger partial charge in [-0.2, -0.15) is 0 Å². The predicted octanol–water partition coefficient (Wildman–Crippen LogP) is 1.88. The fourth-order valence-corrected chi connectivity index (χ4v) is 2.56.